The second-order valence-corrected chi connectivity index (χ2v) is 3.22. The highest BCUT2D eigenvalue weighted by Crippen LogP contribution is 2.24. The molecule has 1 aliphatic rings. The monoisotopic (exact) mass is 153 g/mol. The Morgan fingerprint density at radius 1 is 1.45 bits per heavy atom. The van der Waals surface area contributed by atoms with Crippen molar-refractivity contribution < 1.29 is 0 Å². The molecule has 0 amide bonds. The summed E-state index contributed by atoms with van der Waals surface area (Å²) in [6, 6.07) is 0. The predicted molar refractivity (Wildman–Crippen MR) is 46.3 cm³/mol. The van der Waals surface area contributed by atoms with Gasteiger partial charge in [-0.3, -0.25) is 0 Å². The first-order valence-electron chi connectivity index (χ1n) is 3.68. The lowest BCUT2D eigenvalue weighted by Gasteiger charge is -2.33. The molecule has 1 unspecified atom stereocenters. The van der Waals surface area contributed by atoms with Gasteiger partial charge in [-0.25, -0.2) is 0 Å². The topological polar surface area (TPSA) is 78.1 Å². The van der Waals surface area contributed by atoms with E-state index >= 15 is 0 Å². The molecule has 11 heavy (non-hydrogen) atoms. The summed E-state index contributed by atoms with van der Waals surface area (Å²) < 4.78 is 0. The van der Waals surface area contributed by atoms with Crippen molar-refractivity contribution in [3.63, 3.8) is 0 Å². The van der Waals surface area contributed by atoms with E-state index < -0.39 is 5.66 Å². The lowest BCUT2D eigenvalue weighted by atomic mass is 9.84. The normalized spacial score (nSPS) is 29.3. The minimum atomic E-state index is -0.719. The summed E-state index contributed by atoms with van der Waals surface area (Å²) in [5.74, 6) is 0.104. The zero-order valence-electron chi connectivity index (χ0n) is 6.96. The Balaban J connectivity index is 3.01. The molecule has 0 aromatic carbocycles. The average Bonchev–Trinajstić information content (AvgIpc) is 1.84. The first-order valence-corrected chi connectivity index (χ1v) is 3.68. The standard InChI is InChI=1S/C8H15N3/c1-5-3-7(9)4-6(2)8(5,10)11/h3-5H,9-11H2,1-2H3. The molecule has 0 spiro atoms. The molecule has 0 aromatic heterocycles. The summed E-state index contributed by atoms with van der Waals surface area (Å²) >= 11 is 0. The van der Waals surface area contributed by atoms with Gasteiger partial charge in [-0.1, -0.05) is 13.0 Å². The fourth-order valence-corrected chi connectivity index (χ4v) is 1.21. The van der Waals surface area contributed by atoms with Gasteiger partial charge in [0.2, 0.25) is 0 Å². The molecule has 1 aliphatic carbocycles. The van der Waals surface area contributed by atoms with Crippen LogP contribution in [0.1, 0.15) is 13.8 Å². The van der Waals surface area contributed by atoms with E-state index in [2.05, 4.69) is 0 Å². The summed E-state index contributed by atoms with van der Waals surface area (Å²) in [5, 5.41) is 0. The molecule has 1 atom stereocenters. The molecule has 0 saturated carbocycles. The molecule has 0 fully saturated rings. The summed E-state index contributed by atoms with van der Waals surface area (Å²) in [6.45, 7) is 3.86. The van der Waals surface area contributed by atoms with Crippen LogP contribution in [0, 0.1) is 5.92 Å². The molecule has 0 radical (unpaired) electrons. The second kappa shape index (κ2) is 2.36. The molecule has 1 rings (SSSR count). The van der Waals surface area contributed by atoms with E-state index in [9.17, 15) is 0 Å². The Morgan fingerprint density at radius 2 is 2.00 bits per heavy atom. The Bertz CT molecular complexity index is 225. The van der Waals surface area contributed by atoms with E-state index in [4.69, 9.17) is 17.2 Å². The van der Waals surface area contributed by atoms with Gasteiger partial charge in [0, 0.05) is 11.6 Å². The van der Waals surface area contributed by atoms with Crippen LogP contribution in [0.2, 0.25) is 0 Å². The van der Waals surface area contributed by atoms with Crippen molar-refractivity contribution >= 4 is 0 Å². The van der Waals surface area contributed by atoms with Crippen LogP contribution in [-0.2, 0) is 0 Å². The third kappa shape index (κ3) is 1.29. The van der Waals surface area contributed by atoms with Crippen LogP contribution in [0.25, 0.3) is 0 Å². The Labute approximate surface area is 66.9 Å². The molecule has 3 heteroatoms. The van der Waals surface area contributed by atoms with Gasteiger partial charge in [0.05, 0.1) is 5.66 Å². The zero-order valence-corrected chi connectivity index (χ0v) is 6.96. The summed E-state index contributed by atoms with van der Waals surface area (Å²) in [4.78, 5) is 0. The highest BCUT2D eigenvalue weighted by molar-refractivity contribution is 5.33. The molecule has 62 valence electrons. The van der Waals surface area contributed by atoms with Gasteiger partial charge in [-0.05, 0) is 18.6 Å². The molecule has 0 heterocycles. The Hall–Kier alpha value is -0.800. The SMILES string of the molecule is CC1=CC(N)=CC(C)C1(N)N. The van der Waals surface area contributed by atoms with E-state index in [1.165, 1.54) is 0 Å². The predicted octanol–water partition coefficient (Wildman–Crippen LogP) is 0.0387. The first kappa shape index (κ1) is 8.30. The third-order valence-corrected chi connectivity index (χ3v) is 2.26. The maximum absolute atomic E-state index is 5.84. The van der Waals surface area contributed by atoms with Crippen molar-refractivity contribution in [1.82, 2.24) is 0 Å². The van der Waals surface area contributed by atoms with Gasteiger partial charge >= 0.3 is 0 Å². The van der Waals surface area contributed by atoms with Crippen LogP contribution in [0.3, 0.4) is 0 Å². The number of nitrogens with two attached hydrogens (primary N) is 3. The van der Waals surface area contributed by atoms with Crippen LogP contribution in [0.15, 0.2) is 23.4 Å². The van der Waals surface area contributed by atoms with Crippen molar-refractivity contribution in [1.29, 1.82) is 0 Å². The van der Waals surface area contributed by atoms with Gasteiger partial charge in [0.1, 0.15) is 0 Å². The Kier molecular flexibility index (Phi) is 1.78. The first-order chi connectivity index (χ1) is 4.94. The van der Waals surface area contributed by atoms with Crippen molar-refractivity contribution in [3.8, 4) is 0 Å². The molecule has 0 aromatic rings. The lowest BCUT2D eigenvalue weighted by Crippen LogP contribution is -2.56. The fourth-order valence-electron chi connectivity index (χ4n) is 1.21. The highest BCUT2D eigenvalue weighted by Gasteiger charge is 2.30. The van der Waals surface area contributed by atoms with Crippen molar-refractivity contribution in [2.24, 2.45) is 23.1 Å². The molecule has 0 bridgehead atoms. The maximum atomic E-state index is 5.84. The minimum Gasteiger partial charge on any atom is -0.399 e. The molecular weight excluding hydrogens is 138 g/mol. The van der Waals surface area contributed by atoms with Crippen LogP contribution in [0.5, 0.6) is 0 Å². The number of hydrogen-bond donors (Lipinski definition) is 3. The lowest BCUT2D eigenvalue weighted by molar-refractivity contribution is 0.404. The van der Waals surface area contributed by atoms with Gasteiger partial charge in [0.15, 0.2) is 0 Å². The molecule has 6 N–H and O–H groups in total. The van der Waals surface area contributed by atoms with Crippen molar-refractivity contribution in [3.05, 3.63) is 23.4 Å². The van der Waals surface area contributed by atoms with Crippen molar-refractivity contribution in [2.75, 3.05) is 0 Å². The van der Waals surface area contributed by atoms with Crippen LogP contribution >= 0.6 is 0 Å². The third-order valence-electron chi connectivity index (χ3n) is 2.26. The number of rotatable bonds is 0. The van der Waals surface area contributed by atoms with E-state index in [0.29, 0.717) is 0 Å². The fraction of sp³-hybridized carbons (Fsp3) is 0.500. The van der Waals surface area contributed by atoms with E-state index in [-0.39, 0.29) is 5.92 Å². The van der Waals surface area contributed by atoms with Gasteiger partial charge in [-0.2, -0.15) is 0 Å². The smallest absolute Gasteiger partial charge is 0.0921 e. The van der Waals surface area contributed by atoms with Gasteiger partial charge in [-0.15, -0.1) is 0 Å². The average molecular weight is 153 g/mol. The second-order valence-electron chi connectivity index (χ2n) is 3.22. The maximum Gasteiger partial charge on any atom is 0.0921 e. The zero-order chi connectivity index (χ0) is 8.65. The molecule has 0 saturated heterocycles. The number of allylic oxidation sites excluding steroid dienone is 1. The van der Waals surface area contributed by atoms with Gasteiger partial charge < -0.3 is 17.2 Å². The van der Waals surface area contributed by atoms with E-state index in [1.807, 2.05) is 26.0 Å². The largest absolute Gasteiger partial charge is 0.399 e. The summed E-state index contributed by atoms with van der Waals surface area (Å²) in [7, 11) is 0. The molecular formula is C8H15N3. The highest BCUT2D eigenvalue weighted by atomic mass is 15.0. The molecule has 0 aliphatic heterocycles. The number of hydrogen-bond acceptors (Lipinski definition) is 3. The summed E-state index contributed by atoms with van der Waals surface area (Å²) in [5.41, 5.74) is 18.3. The van der Waals surface area contributed by atoms with Crippen LogP contribution in [0.4, 0.5) is 0 Å². The van der Waals surface area contributed by atoms with Gasteiger partial charge in [0.25, 0.3) is 0 Å². The van der Waals surface area contributed by atoms with E-state index in [0.717, 1.165) is 11.3 Å². The minimum absolute atomic E-state index is 0.104. The van der Waals surface area contributed by atoms with Crippen molar-refractivity contribution in [2.45, 2.75) is 19.5 Å². The summed E-state index contributed by atoms with van der Waals surface area (Å²) in [6.07, 6.45) is 3.70. The quantitative estimate of drug-likeness (QED) is 0.430. The Morgan fingerprint density at radius 3 is 2.45 bits per heavy atom. The van der Waals surface area contributed by atoms with Crippen LogP contribution in [-0.4, -0.2) is 5.66 Å². The molecule has 3 nitrogen and oxygen atoms in total. The van der Waals surface area contributed by atoms with E-state index in [1.54, 1.807) is 0 Å². The van der Waals surface area contributed by atoms with Crippen LogP contribution < -0.4 is 17.2 Å².